The lowest BCUT2D eigenvalue weighted by Crippen LogP contribution is -2.59. The minimum Gasteiger partial charge on any atom is -0.414 e. The molecule has 1 aromatic heterocycles. The largest absolute Gasteiger partial charge is 0.414 e. The van der Waals surface area contributed by atoms with Crippen LogP contribution in [0.3, 0.4) is 0 Å². The zero-order valence-corrected chi connectivity index (χ0v) is 27.9. The van der Waals surface area contributed by atoms with Gasteiger partial charge in [-0.3, -0.25) is 9.55 Å². The zero-order valence-electron chi connectivity index (χ0n) is 24.3. The van der Waals surface area contributed by atoms with Gasteiger partial charge in [-0.05, 0) is 43.2 Å². The Morgan fingerprint density at radius 3 is 2.16 bits per heavy atom. The lowest BCUT2D eigenvalue weighted by molar-refractivity contribution is -0.0563. The van der Waals surface area contributed by atoms with Crippen molar-refractivity contribution in [3.05, 3.63) is 38.0 Å². The summed E-state index contributed by atoms with van der Waals surface area (Å²) in [4.78, 5) is 15.8. The number of nitrogens with zero attached hydrogens (tertiary/aromatic N) is 1. The van der Waals surface area contributed by atoms with E-state index in [4.69, 9.17) is 35.7 Å². The summed E-state index contributed by atoms with van der Waals surface area (Å²) in [5.74, 6) is 0. The van der Waals surface area contributed by atoms with Crippen LogP contribution in [0, 0.1) is 11.6 Å². The van der Waals surface area contributed by atoms with Crippen LogP contribution < -0.4 is 11.4 Å². The van der Waals surface area contributed by atoms with Crippen molar-refractivity contribution in [1.82, 2.24) is 9.55 Å². The highest BCUT2D eigenvalue weighted by molar-refractivity contribution is 7.90. The second kappa shape index (κ2) is 9.75. The molecule has 4 atom stereocenters. The summed E-state index contributed by atoms with van der Waals surface area (Å²) in [7, 11) is -9.03. The van der Waals surface area contributed by atoms with Gasteiger partial charge < -0.3 is 19.3 Å². The SMILES string of the molecule is Cc1cn([C@@H]2O[C@H](CO[Si](C)(C)C(C)(C)C)C3(OS(=O)(=O)C=C3N)[C@H]2O[Si](C)(C)C(C)(C)C)c(=O)[nH]c1=S. The number of rotatable bonds is 6. The molecule has 2 aliphatic rings. The van der Waals surface area contributed by atoms with Gasteiger partial charge in [0.05, 0.1) is 17.7 Å². The Morgan fingerprint density at radius 2 is 1.68 bits per heavy atom. The van der Waals surface area contributed by atoms with Crippen LogP contribution in [-0.4, -0.2) is 59.0 Å². The van der Waals surface area contributed by atoms with E-state index in [-0.39, 0.29) is 22.4 Å². The molecule has 14 heteroatoms. The normalized spacial score (nSPS) is 28.2. The van der Waals surface area contributed by atoms with Crippen molar-refractivity contribution >= 4 is 39.0 Å². The number of hydrogen-bond donors (Lipinski definition) is 2. The van der Waals surface area contributed by atoms with Crippen LogP contribution in [0.1, 0.15) is 53.3 Å². The summed E-state index contributed by atoms with van der Waals surface area (Å²) in [6.07, 6.45) is -1.51. The smallest absolute Gasteiger partial charge is 0.328 e. The molecule has 38 heavy (non-hydrogen) atoms. The number of aromatic amines is 1. The first kappa shape index (κ1) is 31.4. The third kappa shape index (κ3) is 5.55. The number of hydrogen-bond acceptors (Lipinski definition) is 9. The molecule has 0 aliphatic carbocycles. The number of nitrogens with one attached hydrogen (secondary N) is 1. The van der Waals surface area contributed by atoms with Gasteiger partial charge in [0.15, 0.2) is 28.5 Å². The van der Waals surface area contributed by atoms with E-state index in [1.165, 1.54) is 4.57 Å². The summed E-state index contributed by atoms with van der Waals surface area (Å²) in [6.45, 7) is 22.5. The average Bonchev–Trinajstić information content (AvgIpc) is 3.14. The molecule has 1 spiro atoms. The zero-order chi connectivity index (χ0) is 29.3. The Morgan fingerprint density at radius 1 is 1.13 bits per heavy atom. The van der Waals surface area contributed by atoms with Gasteiger partial charge in [0.1, 0.15) is 16.8 Å². The van der Waals surface area contributed by atoms with Gasteiger partial charge in [-0.15, -0.1) is 0 Å². The molecular formula is C24H43N3O7S2Si2. The highest BCUT2D eigenvalue weighted by atomic mass is 32.2. The molecular weight excluding hydrogens is 563 g/mol. The summed E-state index contributed by atoms with van der Waals surface area (Å²) < 4.78 is 52.9. The predicted octanol–water partition coefficient (Wildman–Crippen LogP) is 4.42. The van der Waals surface area contributed by atoms with Gasteiger partial charge >= 0.3 is 5.69 Å². The molecule has 3 N–H and O–H groups in total. The van der Waals surface area contributed by atoms with Gasteiger partial charge in [0.2, 0.25) is 0 Å². The van der Waals surface area contributed by atoms with E-state index in [1.807, 2.05) is 13.1 Å². The first-order valence-corrected chi connectivity index (χ1v) is 20.4. The number of aryl methyl sites for hydroxylation is 1. The highest BCUT2D eigenvalue weighted by Crippen LogP contribution is 2.52. The lowest BCUT2D eigenvalue weighted by Gasteiger charge is -2.43. The summed E-state index contributed by atoms with van der Waals surface area (Å²) in [5.41, 5.74) is 4.84. The minimum atomic E-state index is -4.14. The van der Waals surface area contributed by atoms with Crippen LogP contribution in [-0.2, 0) is 27.9 Å². The second-order valence-electron chi connectivity index (χ2n) is 13.3. The number of ether oxygens (including phenoxy) is 1. The first-order valence-electron chi connectivity index (χ1n) is 12.7. The average molecular weight is 606 g/mol. The van der Waals surface area contributed by atoms with Gasteiger partial charge in [0, 0.05) is 11.8 Å². The van der Waals surface area contributed by atoms with Crippen LogP contribution in [0.25, 0.3) is 0 Å². The molecule has 216 valence electrons. The standard InChI is InChI=1S/C24H43N3O7S2Si2/c1-15-12-27(21(28)26-19(15)35)20-18(33-38(10,11)23(5,6)7)24(16(25)14-36(29,30)34-24)17(32-20)13-31-37(8,9)22(2,3)4/h12,14,17-18,20H,13,25H2,1-11H3,(H,26,28,35)/t17-,18+,20-,24?/m1/s1. The topological polar surface area (TPSA) is 135 Å². The Hall–Kier alpha value is -1.14. The monoisotopic (exact) mass is 605 g/mol. The summed E-state index contributed by atoms with van der Waals surface area (Å²) in [5, 5.41) is 0.552. The third-order valence-electron chi connectivity index (χ3n) is 8.49. The molecule has 1 saturated heterocycles. The molecule has 3 heterocycles. The maximum absolute atomic E-state index is 13.1. The van der Waals surface area contributed by atoms with Gasteiger partial charge in [-0.2, -0.15) is 8.42 Å². The molecule has 1 unspecified atom stereocenters. The van der Waals surface area contributed by atoms with Crippen LogP contribution in [0.4, 0.5) is 0 Å². The van der Waals surface area contributed by atoms with Crippen LogP contribution in [0.15, 0.2) is 22.1 Å². The van der Waals surface area contributed by atoms with E-state index >= 15 is 0 Å². The van der Waals surface area contributed by atoms with Crippen molar-refractivity contribution in [3.63, 3.8) is 0 Å². The fraction of sp³-hybridized carbons (Fsp3) is 0.750. The lowest BCUT2D eigenvalue weighted by atomic mass is 9.89. The van der Waals surface area contributed by atoms with E-state index in [1.54, 1.807) is 13.1 Å². The van der Waals surface area contributed by atoms with E-state index < -0.39 is 56.5 Å². The first-order chi connectivity index (χ1) is 17.0. The molecule has 0 amide bonds. The molecule has 10 nitrogen and oxygen atoms in total. The molecule has 1 fully saturated rings. The van der Waals surface area contributed by atoms with Gasteiger partial charge in [-0.25, -0.2) is 8.98 Å². The van der Waals surface area contributed by atoms with E-state index in [0.717, 1.165) is 5.41 Å². The third-order valence-corrected chi connectivity index (χ3v) is 18.9. The van der Waals surface area contributed by atoms with Gasteiger partial charge in [0.25, 0.3) is 10.1 Å². The minimum absolute atomic E-state index is 0.00494. The van der Waals surface area contributed by atoms with Crippen molar-refractivity contribution < 1.29 is 26.2 Å². The fourth-order valence-corrected chi connectivity index (χ4v) is 7.64. The van der Waals surface area contributed by atoms with E-state index in [2.05, 4.69) is 59.6 Å². The maximum Gasteiger partial charge on any atom is 0.328 e. The molecule has 1 aromatic rings. The number of nitrogens with two attached hydrogens (primary N) is 1. The fourth-order valence-electron chi connectivity index (χ4n) is 3.99. The maximum atomic E-state index is 13.1. The molecule has 0 radical (unpaired) electrons. The van der Waals surface area contributed by atoms with Crippen molar-refractivity contribution in [2.45, 2.75) is 109 Å². The van der Waals surface area contributed by atoms with E-state index in [0.29, 0.717) is 10.2 Å². The highest BCUT2D eigenvalue weighted by Gasteiger charge is 2.67. The Labute approximate surface area is 233 Å². The molecule has 0 saturated carbocycles. The summed E-state index contributed by atoms with van der Waals surface area (Å²) >= 11 is 5.25. The van der Waals surface area contributed by atoms with Crippen molar-refractivity contribution in [2.75, 3.05) is 6.61 Å². The summed E-state index contributed by atoms with van der Waals surface area (Å²) in [6, 6.07) is 0. The van der Waals surface area contributed by atoms with Crippen molar-refractivity contribution in [2.24, 2.45) is 5.73 Å². The number of aromatic nitrogens is 2. The van der Waals surface area contributed by atoms with Crippen LogP contribution in [0.2, 0.25) is 36.3 Å². The van der Waals surface area contributed by atoms with Crippen LogP contribution >= 0.6 is 12.2 Å². The van der Waals surface area contributed by atoms with Crippen LogP contribution in [0.5, 0.6) is 0 Å². The van der Waals surface area contributed by atoms with Crippen molar-refractivity contribution in [1.29, 1.82) is 0 Å². The number of H-pyrrole nitrogens is 1. The predicted molar refractivity (Wildman–Crippen MR) is 155 cm³/mol. The van der Waals surface area contributed by atoms with Gasteiger partial charge in [-0.1, -0.05) is 53.8 Å². The molecule has 0 aromatic carbocycles. The van der Waals surface area contributed by atoms with Crippen molar-refractivity contribution in [3.8, 4) is 0 Å². The Bertz CT molecular complexity index is 1340. The second-order valence-corrected chi connectivity index (χ2v) is 24.7. The Kier molecular flexibility index (Phi) is 8.05. The molecule has 3 rings (SSSR count). The Balaban J connectivity index is 2.24. The quantitative estimate of drug-likeness (QED) is 0.274. The molecule has 0 bridgehead atoms. The van der Waals surface area contributed by atoms with E-state index in [9.17, 15) is 13.2 Å². The molecule has 2 aliphatic heterocycles.